The zero-order valence-corrected chi connectivity index (χ0v) is 11.3. The Morgan fingerprint density at radius 1 is 1.47 bits per heavy atom. The first-order valence-corrected chi connectivity index (χ1v) is 6.77. The van der Waals surface area contributed by atoms with Gasteiger partial charge >= 0.3 is 0 Å². The van der Waals surface area contributed by atoms with Crippen LogP contribution in [-0.2, 0) is 4.79 Å². The van der Waals surface area contributed by atoms with Gasteiger partial charge < -0.3 is 11.2 Å². The van der Waals surface area contributed by atoms with Crippen molar-refractivity contribution in [2.45, 2.75) is 18.1 Å². The Bertz CT molecular complexity index is 542. The smallest absolute Gasteiger partial charge is 0.230 e. The summed E-state index contributed by atoms with van der Waals surface area (Å²) in [7, 11) is 0. The first-order valence-electron chi connectivity index (χ1n) is 5.79. The molecule has 3 N–H and O–H groups in total. The molecule has 0 saturated carbocycles. The number of hydrogen-bond acceptors (Lipinski definition) is 5. The van der Waals surface area contributed by atoms with Crippen LogP contribution in [-0.4, -0.2) is 26.5 Å². The van der Waals surface area contributed by atoms with Gasteiger partial charge in [0.15, 0.2) is 0 Å². The average molecular weight is 277 g/mol. The highest BCUT2D eigenvalue weighted by molar-refractivity contribution is 7.99. The number of hydrogen-bond donors (Lipinski definition) is 2. The van der Waals surface area contributed by atoms with Gasteiger partial charge in [0.25, 0.3) is 0 Å². The Labute approximate surface area is 115 Å². The molecule has 0 aliphatic carbocycles. The van der Waals surface area contributed by atoms with Crippen molar-refractivity contribution in [3.05, 3.63) is 42.2 Å². The van der Waals surface area contributed by atoms with E-state index in [1.807, 2.05) is 37.3 Å². The summed E-state index contributed by atoms with van der Waals surface area (Å²) < 4.78 is 1.29. The molecular formula is C12H15N5OS. The van der Waals surface area contributed by atoms with E-state index in [2.05, 4.69) is 15.5 Å². The molecule has 0 spiro atoms. The number of nitrogens with zero attached hydrogens (tertiary/aromatic N) is 3. The van der Waals surface area contributed by atoms with Crippen molar-refractivity contribution in [2.75, 3.05) is 11.6 Å². The number of benzene rings is 1. The van der Waals surface area contributed by atoms with Gasteiger partial charge in [-0.1, -0.05) is 42.1 Å². The fraction of sp³-hybridized carbons (Fsp3) is 0.250. The molecule has 0 aliphatic rings. The molecular weight excluding hydrogens is 262 g/mol. The highest BCUT2D eigenvalue weighted by Gasteiger charge is 2.11. The van der Waals surface area contributed by atoms with Crippen molar-refractivity contribution in [3.8, 4) is 0 Å². The molecule has 1 heterocycles. The maximum absolute atomic E-state index is 11.8. The predicted molar refractivity (Wildman–Crippen MR) is 73.9 cm³/mol. The molecule has 1 unspecified atom stereocenters. The molecule has 0 bridgehead atoms. The Hall–Kier alpha value is -2.02. The second-order valence-electron chi connectivity index (χ2n) is 4.01. The Morgan fingerprint density at radius 2 is 2.21 bits per heavy atom. The topological polar surface area (TPSA) is 85.8 Å². The lowest BCUT2D eigenvalue weighted by Crippen LogP contribution is -2.28. The van der Waals surface area contributed by atoms with Gasteiger partial charge in [-0.25, -0.2) is 4.68 Å². The van der Waals surface area contributed by atoms with Gasteiger partial charge in [0, 0.05) is 0 Å². The van der Waals surface area contributed by atoms with Crippen LogP contribution in [0.1, 0.15) is 18.5 Å². The third kappa shape index (κ3) is 3.72. The molecule has 2 rings (SSSR count). The Kier molecular flexibility index (Phi) is 4.40. The highest BCUT2D eigenvalue weighted by atomic mass is 32.2. The monoisotopic (exact) mass is 277 g/mol. The van der Waals surface area contributed by atoms with Gasteiger partial charge in [0.05, 0.1) is 11.8 Å². The molecule has 100 valence electrons. The molecule has 1 aromatic heterocycles. The Morgan fingerprint density at radius 3 is 2.84 bits per heavy atom. The molecule has 0 fully saturated rings. The van der Waals surface area contributed by atoms with E-state index in [1.165, 1.54) is 22.8 Å². The fourth-order valence-corrected chi connectivity index (χ4v) is 2.22. The predicted octanol–water partition coefficient (Wildman–Crippen LogP) is 0.961. The summed E-state index contributed by atoms with van der Waals surface area (Å²) in [6.07, 6.45) is 1.40. The van der Waals surface area contributed by atoms with Crippen LogP contribution >= 0.6 is 11.8 Å². The van der Waals surface area contributed by atoms with Crippen LogP contribution in [0, 0.1) is 0 Å². The van der Waals surface area contributed by atoms with Crippen molar-refractivity contribution in [1.82, 2.24) is 20.2 Å². The molecule has 1 atom stereocenters. The summed E-state index contributed by atoms with van der Waals surface area (Å²) in [6.45, 7) is 1.95. The third-order valence-corrected chi connectivity index (χ3v) is 3.51. The lowest BCUT2D eigenvalue weighted by Gasteiger charge is -2.13. The number of amides is 1. The standard InChI is InChI=1S/C12H15N5OS/c1-9(10-5-3-2-4-6-10)15-11(18)7-19-12-16-14-8-17(12)13/h2-6,8-9H,7,13H2,1H3,(H,15,18). The fourth-order valence-electron chi connectivity index (χ4n) is 1.57. The number of nitrogens with two attached hydrogens (primary N) is 1. The summed E-state index contributed by atoms with van der Waals surface area (Å²) in [5, 5.41) is 10.9. The van der Waals surface area contributed by atoms with Gasteiger partial charge in [-0.15, -0.1) is 10.2 Å². The normalized spacial score (nSPS) is 12.1. The van der Waals surface area contributed by atoms with E-state index in [0.717, 1.165) is 5.56 Å². The van der Waals surface area contributed by atoms with Gasteiger partial charge in [0.2, 0.25) is 11.1 Å². The summed E-state index contributed by atoms with van der Waals surface area (Å²) in [5.41, 5.74) is 1.07. The van der Waals surface area contributed by atoms with E-state index in [9.17, 15) is 4.79 Å². The number of rotatable bonds is 5. The van der Waals surface area contributed by atoms with Gasteiger partial charge in [-0.3, -0.25) is 4.79 Å². The van der Waals surface area contributed by atoms with E-state index in [-0.39, 0.29) is 17.7 Å². The lowest BCUT2D eigenvalue weighted by atomic mass is 10.1. The molecule has 19 heavy (non-hydrogen) atoms. The number of carbonyl (C=O) groups excluding carboxylic acids is 1. The molecule has 0 saturated heterocycles. The van der Waals surface area contributed by atoms with E-state index in [1.54, 1.807) is 0 Å². The summed E-state index contributed by atoms with van der Waals surface area (Å²) in [4.78, 5) is 11.8. The maximum atomic E-state index is 11.8. The highest BCUT2D eigenvalue weighted by Crippen LogP contribution is 2.14. The largest absolute Gasteiger partial charge is 0.349 e. The van der Waals surface area contributed by atoms with Crippen molar-refractivity contribution in [2.24, 2.45) is 0 Å². The van der Waals surface area contributed by atoms with Crippen LogP contribution in [0.3, 0.4) is 0 Å². The van der Waals surface area contributed by atoms with Crippen molar-refractivity contribution < 1.29 is 4.79 Å². The first-order chi connectivity index (χ1) is 9.16. The molecule has 1 amide bonds. The van der Waals surface area contributed by atoms with Gasteiger partial charge in [-0.2, -0.15) is 0 Å². The lowest BCUT2D eigenvalue weighted by molar-refractivity contribution is -0.119. The molecule has 1 aromatic carbocycles. The van der Waals surface area contributed by atoms with E-state index in [0.29, 0.717) is 5.16 Å². The first kappa shape index (κ1) is 13.4. The number of thioether (sulfide) groups is 1. The van der Waals surface area contributed by atoms with Crippen LogP contribution in [0.25, 0.3) is 0 Å². The maximum Gasteiger partial charge on any atom is 0.230 e. The van der Waals surface area contributed by atoms with Crippen LogP contribution in [0.4, 0.5) is 0 Å². The van der Waals surface area contributed by atoms with Gasteiger partial charge in [0.1, 0.15) is 6.33 Å². The third-order valence-electron chi connectivity index (χ3n) is 2.55. The van der Waals surface area contributed by atoms with Crippen molar-refractivity contribution in [1.29, 1.82) is 0 Å². The molecule has 6 nitrogen and oxygen atoms in total. The van der Waals surface area contributed by atoms with Crippen molar-refractivity contribution in [3.63, 3.8) is 0 Å². The minimum Gasteiger partial charge on any atom is -0.349 e. The van der Waals surface area contributed by atoms with Crippen LogP contribution < -0.4 is 11.2 Å². The number of nitrogens with one attached hydrogen (secondary N) is 1. The summed E-state index contributed by atoms with van der Waals surface area (Å²) in [5.74, 6) is 5.75. The minimum absolute atomic E-state index is 0.0231. The molecule has 2 aromatic rings. The van der Waals surface area contributed by atoms with E-state index < -0.39 is 0 Å². The summed E-state index contributed by atoms with van der Waals surface area (Å²) in [6, 6.07) is 9.78. The van der Waals surface area contributed by atoms with Crippen molar-refractivity contribution >= 4 is 17.7 Å². The quantitative estimate of drug-likeness (QED) is 0.628. The van der Waals surface area contributed by atoms with Crippen LogP contribution in [0.15, 0.2) is 41.8 Å². The van der Waals surface area contributed by atoms with E-state index in [4.69, 9.17) is 5.84 Å². The molecule has 0 aliphatic heterocycles. The number of nitrogen functional groups attached to an aromatic ring is 1. The minimum atomic E-state index is -0.0654. The number of carbonyl (C=O) groups is 1. The Balaban J connectivity index is 1.83. The van der Waals surface area contributed by atoms with Gasteiger partial charge in [-0.05, 0) is 12.5 Å². The second kappa shape index (κ2) is 6.24. The van der Waals surface area contributed by atoms with Crippen LogP contribution in [0.5, 0.6) is 0 Å². The second-order valence-corrected chi connectivity index (χ2v) is 4.95. The molecule has 7 heteroatoms. The average Bonchev–Trinajstić information content (AvgIpc) is 2.83. The van der Waals surface area contributed by atoms with Crippen LogP contribution in [0.2, 0.25) is 0 Å². The summed E-state index contributed by atoms with van der Waals surface area (Å²) >= 11 is 1.25. The zero-order valence-electron chi connectivity index (χ0n) is 10.5. The van der Waals surface area contributed by atoms with E-state index >= 15 is 0 Å². The zero-order chi connectivity index (χ0) is 13.7. The molecule has 0 radical (unpaired) electrons. The SMILES string of the molecule is CC(NC(=O)CSc1nncn1N)c1ccccc1. The number of aromatic nitrogens is 3.